The van der Waals surface area contributed by atoms with Crippen LogP contribution in [-0.2, 0) is 27.8 Å². The number of esters is 2. The van der Waals surface area contributed by atoms with Crippen molar-refractivity contribution < 1.29 is 38.4 Å². The van der Waals surface area contributed by atoms with E-state index in [4.69, 9.17) is 18.9 Å². The van der Waals surface area contributed by atoms with E-state index in [0.717, 1.165) is 11.1 Å². The minimum Gasteiger partial charge on any atom is -0.477 e. The quantitative estimate of drug-likeness (QED) is 0.288. The second-order valence-corrected chi connectivity index (χ2v) is 8.94. The number of methoxy groups -OCH3 is 1. The lowest BCUT2D eigenvalue weighted by Gasteiger charge is -2.25. The molecule has 0 spiro atoms. The molecule has 2 unspecified atom stereocenters. The van der Waals surface area contributed by atoms with Crippen LogP contribution in [-0.4, -0.2) is 70.3 Å². The first kappa shape index (κ1) is 24.7. The predicted molar refractivity (Wildman–Crippen MR) is 130 cm³/mol. The van der Waals surface area contributed by atoms with Crippen molar-refractivity contribution in [1.29, 1.82) is 0 Å². The highest BCUT2D eigenvalue weighted by molar-refractivity contribution is 6.32. The zero-order chi connectivity index (χ0) is 26.4. The number of amides is 1. The number of imidazole rings is 1. The number of hydrogen-bond acceptors (Lipinski definition) is 9. The van der Waals surface area contributed by atoms with Crippen LogP contribution in [0.1, 0.15) is 40.3 Å². The maximum absolute atomic E-state index is 13.8. The fraction of sp³-hybridized carbons (Fsp3) is 0.385. The second-order valence-electron chi connectivity index (χ2n) is 8.94. The molecule has 194 valence electrons. The molecule has 0 fully saturated rings. The van der Waals surface area contributed by atoms with Gasteiger partial charge in [-0.3, -0.25) is 4.79 Å². The third-order valence-electron chi connectivity index (χ3n) is 6.80. The number of rotatable bonds is 7. The molecule has 1 N–H and O–H groups in total. The van der Waals surface area contributed by atoms with Gasteiger partial charge in [0.1, 0.15) is 22.4 Å². The highest BCUT2D eigenvalue weighted by Gasteiger charge is 2.42. The van der Waals surface area contributed by atoms with E-state index >= 15 is 0 Å². The SMILES string of the molecule is CCN(CCOC)C(=O)c1c2c(OC3c4ccccc4CC3O)c3nc(C)n(C)c3c1OC(=O)C(=O)O2. The van der Waals surface area contributed by atoms with E-state index in [2.05, 4.69) is 4.98 Å². The van der Waals surface area contributed by atoms with Crippen LogP contribution in [0, 0.1) is 6.92 Å². The Hall–Kier alpha value is -3.96. The summed E-state index contributed by atoms with van der Waals surface area (Å²) in [5, 5.41) is 10.9. The van der Waals surface area contributed by atoms with Crippen LogP contribution in [0.15, 0.2) is 24.3 Å². The molecule has 2 bridgehead atoms. The average molecular weight is 510 g/mol. The van der Waals surface area contributed by atoms with Gasteiger partial charge in [-0.25, -0.2) is 14.6 Å². The standard InChI is InChI=1S/C26H27N3O8/c1-5-29(10-11-34-4)24(31)17-21-19-18(27-13(2)28(19)3)23(22(17)37-26(33)25(32)36-21)35-20-15-9-7-6-8-14(15)12-16(20)30/h6-9,16,20,30H,5,10-12H2,1-4H3. The zero-order valence-electron chi connectivity index (χ0n) is 20.9. The van der Waals surface area contributed by atoms with Crippen molar-refractivity contribution in [3.63, 3.8) is 0 Å². The Balaban J connectivity index is 1.77. The number of carbonyl (C=O) groups is 3. The van der Waals surface area contributed by atoms with E-state index < -0.39 is 30.1 Å². The Kier molecular flexibility index (Phi) is 6.34. The van der Waals surface area contributed by atoms with Crippen molar-refractivity contribution in [2.45, 2.75) is 32.5 Å². The van der Waals surface area contributed by atoms with Crippen LogP contribution in [0.25, 0.3) is 11.0 Å². The van der Waals surface area contributed by atoms with Crippen LogP contribution in [0.4, 0.5) is 0 Å². The molecule has 3 aromatic rings. The number of fused-ring (bicyclic) bond motifs is 5. The molecule has 0 saturated heterocycles. The number of ether oxygens (including phenoxy) is 4. The van der Waals surface area contributed by atoms with E-state index in [1.165, 1.54) is 12.0 Å². The molecule has 2 aliphatic rings. The zero-order valence-corrected chi connectivity index (χ0v) is 20.9. The Labute approximate surface area is 212 Å². The van der Waals surface area contributed by atoms with Crippen LogP contribution >= 0.6 is 0 Å². The minimum atomic E-state index is -1.30. The van der Waals surface area contributed by atoms with Gasteiger partial charge in [-0.15, -0.1) is 0 Å². The summed E-state index contributed by atoms with van der Waals surface area (Å²) in [5.41, 5.74) is 2.07. The summed E-state index contributed by atoms with van der Waals surface area (Å²) in [6.45, 7) is 4.37. The summed E-state index contributed by atoms with van der Waals surface area (Å²) in [6.07, 6.45) is -1.34. The molecule has 5 rings (SSSR count). The molecule has 0 saturated carbocycles. The monoisotopic (exact) mass is 509 g/mol. The highest BCUT2D eigenvalue weighted by Crippen LogP contribution is 2.50. The fourth-order valence-corrected chi connectivity index (χ4v) is 4.81. The predicted octanol–water partition coefficient (Wildman–Crippen LogP) is 1.85. The fourth-order valence-electron chi connectivity index (χ4n) is 4.81. The van der Waals surface area contributed by atoms with E-state index in [9.17, 15) is 19.5 Å². The normalized spacial score (nSPS) is 18.3. The van der Waals surface area contributed by atoms with Crippen molar-refractivity contribution in [2.75, 3.05) is 26.8 Å². The van der Waals surface area contributed by atoms with Crippen molar-refractivity contribution >= 4 is 28.9 Å². The average Bonchev–Trinajstić information content (AvgIpc) is 3.32. The number of aromatic nitrogens is 2. The minimum absolute atomic E-state index is 0.0269. The van der Waals surface area contributed by atoms with Gasteiger partial charge in [0, 0.05) is 33.7 Å². The maximum atomic E-state index is 13.8. The molecule has 2 atom stereocenters. The molecular weight excluding hydrogens is 482 g/mol. The number of aliphatic hydroxyl groups excluding tert-OH is 1. The third-order valence-corrected chi connectivity index (χ3v) is 6.80. The number of carbonyl (C=O) groups excluding carboxylic acids is 3. The summed E-state index contributed by atoms with van der Waals surface area (Å²) in [7, 11) is 3.22. The number of nitrogens with zero attached hydrogens (tertiary/aromatic N) is 3. The van der Waals surface area contributed by atoms with Gasteiger partial charge in [0.05, 0.1) is 12.7 Å². The molecule has 11 heteroatoms. The summed E-state index contributed by atoms with van der Waals surface area (Å²) in [5.74, 6) is -3.00. The Bertz CT molecular complexity index is 1430. The number of aliphatic hydroxyl groups is 1. The molecular formula is C26H27N3O8. The van der Waals surface area contributed by atoms with Gasteiger partial charge in [-0.05, 0) is 25.0 Å². The second kappa shape index (κ2) is 9.49. The van der Waals surface area contributed by atoms with Gasteiger partial charge in [-0.2, -0.15) is 0 Å². The van der Waals surface area contributed by atoms with Gasteiger partial charge >= 0.3 is 11.9 Å². The molecule has 2 aromatic carbocycles. The van der Waals surface area contributed by atoms with E-state index in [1.54, 1.807) is 25.5 Å². The van der Waals surface area contributed by atoms with Crippen LogP contribution in [0.5, 0.6) is 17.2 Å². The van der Waals surface area contributed by atoms with Crippen LogP contribution in [0.2, 0.25) is 0 Å². The molecule has 2 heterocycles. The molecule has 1 aliphatic carbocycles. The van der Waals surface area contributed by atoms with Crippen molar-refractivity contribution in [3.8, 4) is 17.2 Å². The number of hydrogen-bond donors (Lipinski definition) is 1. The number of likely N-dealkylation sites (N-methyl/N-ethyl adjacent to an activating group) is 1. The van der Waals surface area contributed by atoms with Crippen LogP contribution < -0.4 is 14.2 Å². The first-order chi connectivity index (χ1) is 17.8. The Morgan fingerprint density at radius 2 is 1.92 bits per heavy atom. The lowest BCUT2D eigenvalue weighted by Crippen LogP contribution is -2.34. The Morgan fingerprint density at radius 1 is 1.22 bits per heavy atom. The van der Waals surface area contributed by atoms with Crippen LogP contribution in [0.3, 0.4) is 0 Å². The van der Waals surface area contributed by atoms with Gasteiger partial charge in [-0.1, -0.05) is 24.3 Å². The first-order valence-electron chi connectivity index (χ1n) is 11.9. The van der Waals surface area contributed by atoms with Gasteiger partial charge < -0.3 is 33.5 Å². The van der Waals surface area contributed by atoms with Gasteiger partial charge in [0.25, 0.3) is 5.91 Å². The van der Waals surface area contributed by atoms with E-state index in [1.807, 2.05) is 24.3 Å². The summed E-state index contributed by atoms with van der Waals surface area (Å²) in [4.78, 5) is 45.0. The summed E-state index contributed by atoms with van der Waals surface area (Å²) < 4.78 is 24.0. The molecule has 1 aromatic heterocycles. The summed E-state index contributed by atoms with van der Waals surface area (Å²) in [6, 6.07) is 7.45. The Morgan fingerprint density at radius 3 is 2.62 bits per heavy atom. The van der Waals surface area contributed by atoms with Crippen molar-refractivity contribution in [1.82, 2.24) is 14.5 Å². The van der Waals surface area contributed by atoms with Crippen molar-refractivity contribution in [3.05, 3.63) is 46.8 Å². The lowest BCUT2D eigenvalue weighted by molar-refractivity contribution is -0.155. The highest BCUT2D eigenvalue weighted by atomic mass is 16.6. The smallest absolute Gasteiger partial charge is 0.423 e. The maximum Gasteiger partial charge on any atom is 0.423 e. The number of benzene rings is 2. The topological polar surface area (TPSA) is 129 Å². The van der Waals surface area contributed by atoms with Gasteiger partial charge in [0.2, 0.25) is 0 Å². The first-order valence-corrected chi connectivity index (χ1v) is 11.9. The molecule has 37 heavy (non-hydrogen) atoms. The lowest BCUT2D eigenvalue weighted by atomic mass is 10.1. The molecule has 11 nitrogen and oxygen atoms in total. The van der Waals surface area contributed by atoms with E-state index in [-0.39, 0.29) is 47.0 Å². The number of aryl methyl sites for hydroxylation is 2. The molecule has 1 amide bonds. The third kappa shape index (κ3) is 4.00. The van der Waals surface area contributed by atoms with E-state index in [0.29, 0.717) is 18.8 Å². The van der Waals surface area contributed by atoms with Crippen molar-refractivity contribution in [2.24, 2.45) is 7.05 Å². The largest absolute Gasteiger partial charge is 0.477 e. The van der Waals surface area contributed by atoms with Gasteiger partial charge in [0.15, 0.2) is 23.4 Å². The summed E-state index contributed by atoms with van der Waals surface area (Å²) >= 11 is 0. The molecule has 1 aliphatic heterocycles. The molecule has 0 radical (unpaired) electrons.